The van der Waals surface area contributed by atoms with E-state index >= 15 is 0 Å². The summed E-state index contributed by atoms with van der Waals surface area (Å²) in [4.78, 5) is 58.8. The van der Waals surface area contributed by atoms with Crippen molar-refractivity contribution >= 4 is 33.6 Å². The number of hydrogen-bond acceptors (Lipinski definition) is 14. The predicted octanol–water partition coefficient (Wildman–Crippen LogP) is 25.4. The number of esters is 3. The summed E-state index contributed by atoms with van der Waals surface area (Å²) < 4.78 is 61.2. The number of ether oxygens (including phenoxy) is 3. The SMILES string of the molecule is CC/C=C\C/C=C\C/C=C\CCCCCCCC(=O)OC(COC(=O)CCCCCCCCCCC/C=C\C/C=C\C/C=C\C/C=C\CCCCC)COP(=O)(O)OCC(O)COP(=O)(O)OCC(O)COC(=O)CCCCCCCCCCCCCCCCC/C=C\C/C=C\C/C=C\C/C=C\CCCCC. The van der Waals surface area contributed by atoms with Gasteiger partial charge in [-0.15, -0.1) is 0 Å². The zero-order valence-electron chi connectivity index (χ0n) is 67.5. The van der Waals surface area contributed by atoms with E-state index in [-0.39, 0.29) is 19.3 Å². The van der Waals surface area contributed by atoms with Crippen molar-refractivity contribution in [2.75, 3.05) is 39.6 Å². The molecule has 4 N–H and O–H groups in total. The van der Waals surface area contributed by atoms with E-state index in [1.165, 1.54) is 154 Å². The van der Waals surface area contributed by atoms with Crippen LogP contribution in [0.3, 0.4) is 0 Å². The first-order valence-electron chi connectivity index (χ1n) is 42.5. The molecule has 107 heavy (non-hydrogen) atoms. The molecule has 5 atom stereocenters. The van der Waals surface area contributed by atoms with E-state index in [2.05, 4.69) is 154 Å². The quantitative estimate of drug-likeness (QED) is 0.0146. The Morgan fingerprint density at radius 2 is 0.495 bits per heavy atom. The molecule has 18 heteroatoms. The van der Waals surface area contributed by atoms with E-state index in [1.807, 2.05) is 0 Å². The molecule has 0 aromatic rings. The van der Waals surface area contributed by atoms with Gasteiger partial charge in [-0.3, -0.25) is 32.5 Å². The molecule has 0 bridgehead atoms. The van der Waals surface area contributed by atoms with Crippen LogP contribution in [0.15, 0.2) is 134 Å². The fourth-order valence-corrected chi connectivity index (χ4v) is 13.0. The summed E-state index contributed by atoms with van der Waals surface area (Å²) in [6, 6.07) is 0. The molecule has 0 saturated heterocycles. The molecule has 616 valence electrons. The first-order chi connectivity index (χ1) is 52.2. The highest BCUT2D eigenvalue weighted by Gasteiger charge is 2.29. The molecule has 0 aliphatic carbocycles. The Morgan fingerprint density at radius 3 is 0.785 bits per heavy atom. The van der Waals surface area contributed by atoms with Crippen LogP contribution >= 0.6 is 15.6 Å². The highest BCUT2D eigenvalue weighted by atomic mass is 31.2. The molecule has 0 spiro atoms. The molecule has 5 unspecified atom stereocenters. The van der Waals surface area contributed by atoms with Gasteiger partial charge in [-0.05, 0) is 141 Å². The third-order valence-electron chi connectivity index (χ3n) is 17.8. The smallest absolute Gasteiger partial charge is 0.463 e. The first kappa shape index (κ1) is 103. The summed E-state index contributed by atoms with van der Waals surface area (Å²) in [5.41, 5.74) is 0. The fraction of sp³-hybridized carbons (Fsp3) is 0.719. The molecule has 0 amide bonds. The van der Waals surface area contributed by atoms with Crippen LogP contribution in [0.1, 0.15) is 355 Å². The number of unbranched alkanes of at least 4 members (excludes halogenated alkanes) is 35. The normalized spacial score (nSPS) is 14.6. The maximum atomic E-state index is 13.0. The lowest BCUT2D eigenvalue weighted by Crippen LogP contribution is -2.30. The number of rotatable bonds is 80. The summed E-state index contributed by atoms with van der Waals surface area (Å²) in [5, 5.41) is 20.7. The van der Waals surface area contributed by atoms with Gasteiger partial charge < -0.3 is 34.2 Å². The van der Waals surface area contributed by atoms with Crippen LogP contribution in [-0.2, 0) is 55.8 Å². The van der Waals surface area contributed by atoms with E-state index in [4.69, 9.17) is 32.3 Å². The molecule has 0 aliphatic rings. The summed E-state index contributed by atoms with van der Waals surface area (Å²) in [5.74, 6) is -1.60. The second kappa shape index (κ2) is 81.2. The van der Waals surface area contributed by atoms with E-state index in [9.17, 15) is 43.5 Å². The van der Waals surface area contributed by atoms with Crippen LogP contribution in [0, 0.1) is 0 Å². The highest BCUT2D eigenvalue weighted by molar-refractivity contribution is 7.47. The molecular weight excluding hydrogens is 1390 g/mol. The minimum Gasteiger partial charge on any atom is -0.463 e. The van der Waals surface area contributed by atoms with Gasteiger partial charge in [0.1, 0.15) is 25.4 Å². The molecule has 0 radical (unpaired) electrons. The maximum Gasteiger partial charge on any atom is 0.472 e. The lowest BCUT2D eigenvalue weighted by molar-refractivity contribution is -0.161. The third-order valence-corrected chi connectivity index (χ3v) is 19.7. The summed E-state index contributed by atoms with van der Waals surface area (Å²) in [6.45, 7) is 2.51. The number of phosphoric acid groups is 2. The minimum absolute atomic E-state index is 0.0814. The Hall–Kier alpha value is -4.31. The van der Waals surface area contributed by atoms with Crippen molar-refractivity contribution in [1.82, 2.24) is 0 Å². The van der Waals surface area contributed by atoms with E-state index in [0.717, 1.165) is 141 Å². The minimum atomic E-state index is -4.94. The number of carbonyl (C=O) groups excluding carboxylic acids is 3. The number of aliphatic hydroxyl groups is 2. The molecule has 0 aliphatic heterocycles. The number of phosphoric ester groups is 2. The predicted molar refractivity (Wildman–Crippen MR) is 445 cm³/mol. The van der Waals surface area contributed by atoms with Crippen LogP contribution < -0.4 is 0 Å². The van der Waals surface area contributed by atoms with Crippen LogP contribution in [0.2, 0.25) is 0 Å². The Labute approximate surface area is 652 Å². The zero-order valence-corrected chi connectivity index (χ0v) is 69.3. The molecule has 0 aromatic carbocycles. The van der Waals surface area contributed by atoms with Crippen LogP contribution in [0.4, 0.5) is 0 Å². The Kier molecular flexibility index (Phi) is 77.9. The number of aliphatic hydroxyl groups excluding tert-OH is 2. The second-order valence-corrected chi connectivity index (χ2v) is 31.2. The van der Waals surface area contributed by atoms with E-state index in [0.29, 0.717) is 19.3 Å². The number of hydrogen-bond donors (Lipinski definition) is 4. The average Bonchev–Trinajstić information content (AvgIpc) is 0.903. The summed E-state index contributed by atoms with van der Waals surface area (Å²) in [6.07, 6.45) is 99.3. The van der Waals surface area contributed by atoms with Crippen molar-refractivity contribution < 1.29 is 75.8 Å². The van der Waals surface area contributed by atoms with Crippen molar-refractivity contribution in [3.8, 4) is 0 Å². The molecule has 0 heterocycles. The number of allylic oxidation sites excluding steroid dienone is 22. The Balaban J connectivity index is 4.50. The monoisotopic (exact) mass is 1540 g/mol. The summed E-state index contributed by atoms with van der Waals surface area (Å²) in [7, 11) is -9.80. The molecule has 0 saturated carbocycles. The van der Waals surface area contributed by atoms with Crippen LogP contribution in [-0.4, -0.2) is 95.9 Å². The average molecular weight is 1540 g/mol. The molecule has 16 nitrogen and oxygen atoms in total. The van der Waals surface area contributed by atoms with Gasteiger partial charge in [0, 0.05) is 19.3 Å². The van der Waals surface area contributed by atoms with Crippen LogP contribution in [0.5, 0.6) is 0 Å². The van der Waals surface area contributed by atoms with Crippen molar-refractivity contribution in [2.24, 2.45) is 0 Å². The summed E-state index contributed by atoms with van der Waals surface area (Å²) >= 11 is 0. The largest absolute Gasteiger partial charge is 0.472 e. The molecule has 0 rings (SSSR count). The van der Waals surface area contributed by atoms with Gasteiger partial charge in [-0.2, -0.15) is 0 Å². The maximum absolute atomic E-state index is 13.0. The van der Waals surface area contributed by atoms with Crippen molar-refractivity contribution in [3.05, 3.63) is 134 Å². The van der Waals surface area contributed by atoms with Gasteiger partial charge in [0.15, 0.2) is 6.10 Å². The van der Waals surface area contributed by atoms with Crippen LogP contribution in [0.25, 0.3) is 0 Å². The highest BCUT2D eigenvalue weighted by Crippen LogP contribution is 2.45. The number of carbonyl (C=O) groups is 3. The van der Waals surface area contributed by atoms with Crippen molar-refractivity contribution in [2.45, 2.75) is 373 Å². The van der Waals surface area contributed by atoms with Gasteiger partial charge in [0.25, 0.3) is 0 Å². The first-order valence-corrected chi connectivity index (χ1v) is 45.5. The van der Waals surface area contributed by atoms with E-state index < -0.39 is 91.5 Å². The Bertz CT molecular complexity index is 2480. The second-order valence-electron chi connectivity index (χ2n) is 28.2. The van der Waals surface area contributed by atoms with Gasteiger partial charge in [0.2, 0.25) is 0 Å². The molecular formula is C89H154O16P2. The van der Waals surface area contributed by atoms with E-state index in [1.54, 1.807) is 0 Å². The zero-order chi connectivity index (χ0) is 78.0. The Morgan fingerprint density at radius 1 is 0.271 bits per heavy atom. The standard InChI is InChI=1S/C89H154O16P2/c1-4-7-10-13-16-19-22-25-28-30-32-34-36-38-39-40-41-42-43-45-47-48-50-52-55-57-60-63-66-69-72-75-87(92)99-78-84(90)79-101-106(95,96)102-80-85(91)81-103-107(97,98)104-83-86(105-89(94)77-74-71-68-65-62-59-54-27-24-21-18-15-12-9-6-3)82-100-88(93)76-73-70-67-64-61-58-56-53-51-49-46-44-37-35-33-31-29-26-23-20-17-14-11-8-5-2/h9,12,16-21,25-29,32-35,38-39,44,46,54,84-86,90-91H,4-8,10-11,13-15,22-24,30-31,36-37,40-43,45,47-53,55-83H2,1-3H3,(H,95,96)(H,97,98)/b12-9-,19-16-,20-17-,21-18-,28-25-,29-26-,34-32-,35-33-,39-38-,46-44-,54-27-. The van der Waals surface area contributed by atoms with Crippen molar-refractivity contribution in [3.63, 3.8) is 0 Å². The topological polar surface area (TPSA) is 231 Å². The third kappa shape index (κ3) is 82.5. The van der Waals surface area contributed by atoms with Gasteiger partial charge >= 0.3 is 33.6 Å². The van der Waals surface area contributed by atoms with Gasteiger partial charge in [0.05, 0.1) is 26.4 Å². The van der Waals surface area contributed by atoms with Gasteiger partial charge in [-0.1, -0.05) is 328 Å². The molecule has 0 aromatic heterocycles. The van der Waals surface area contributed by atoms with Gasteiger partial charge in [-0.25, -0.2) is 9.13 Å². The van der Waals surface area contributed by atoms with Crippen molar-refractivity contribution in [1.29, 1.82) is 0 Å². The fourth-order valence-electron chi connectivity index (χ4n) is 11.4. The molecule has 0 fully saturated rings. The lowest BCUT2D eigenvalue weighted by Gasteiger charge is -2.21. The lowest BCUT2D eigenvalue weighted by atomic mass is 10.0.